The summed E-state index contributed by atoms with van der Waals surface area (Å²) >= 11 is 1.34. The van der Waals surface area contributed by atoms with Gasteiger partial charge in [-0.05, 0) is 30.9 Å². The van der Waals surface area contributed by atoms with E-state index in [1.807, 2.05) is 6.07 Å². The summed E-state index contributed by atoms with van der Waals surface area (Å²) in [6, 6.07) is 2.21. The van der Waals surface area contributed by atoms with Crippen LogP contribution in [0.2, 0.25) is 0 Å². The van der Waals surface area contributed by atoms with E-state index in [2.05, 4.69) is 10.6 Å². The summed E-state index contributed by atoms with van der Waals surface area (Å²) in [7, 11) is 0. The summed E-state index contributed by atoms with van der Waals surface area (Å²) in [5, 5.41) is 22.3. The Labute approximate surface area is 185 Å². The monoisotopic (exact) mass is 447 g/mol. The van der Waals surface area contributed by atoms with Crippen molar-refractivity contribution in [1.29, 1.82) is 5.41 Å². The van der Waals surface area contributed by atoms with Crippen molar-refractivity contribution in [2.75, 3.05) is 13.1 Å². The molecule has 2 aliphatic rings. The molecule has 3 rings (SSSR count). The summed E-state index contributed by atoms with van der Waals surface area (Å²) < 4.78 is 0. The standard InChI is InChI=1S/C21H29N5O4S/c22-19(23)16-9-8-14(31-16)11-25-20(29)15-7-4-10-26(15)21(30)18(24-12-17(27)28)13-5-2-1-3-6-13/h4,7-9,13,15,18,24H,1-3,5-6,10-12H2,(H3,22,23)(H,25,29)(H,27,28)/t15-,18+/m0/s1. The average molecular weight is 448 g/mol. The Morgan fingerprint density at radius 2 is 2.00 bits per heavy atom. The molecule has 1 fully saturated rings. The number of hydrogen-bond donors (Lipinski definition) is 5. The van der Waals surface area contributed by atoms with E-state index in [1.165, 1.54) is 16.2 Å². The summed E-state index contributed by atoms with van der Waals surface area (Å²) in [5.41, 5.74) is 5.48. The molecular formula is C21H29N5O4S. The first-order chi connectivity index (χ1) is 14.9. The number of amidine groups is 1. The molecule has 2 atom stereocenters. The van der Waals surface area contributed by atoms with Gasteiger partial charge in [0.05, 0.1) is 24.0 Å². The van der Waals surface area contributed by atoms with Crippen molar-refractivity contribution in [2.24, 2.45) is 11.7 Å². The number of carbonyl (C=O) groups is 3. The predicted octanol–water partition coefficient (Wildman–Crippen LogP) is 1.04. The van der Waals surface area contributed by atoms with E-state index in [1.54, 1.807) is 18.2 Å². The van der Waals surface area contributed by atoms with Crippen LogP contribution in [0, 0.1) is 11.3 Å². The van der Waals surface area contributed by atoms with E-state index in [0.29, 0.717) is 11.4 Å². The second-order valence-corrected chi connectivity index (χ2v) is 9.08. The van der Waals surface area contributed by atoms with Gasteiger partial charge in [0.25, 0.3) is 0 Å². The molecule has 168 valence electrons. The molecule has 10 heteroatoms. The molecule has 0 unspecified atom stereocenters. The van der Waals surface area contributed by atoms with E-state index in [0.717, 1.165) is 37.0 Å². The minimum Gasteiger partial charge on any atom is -0.480 e. The Balaban J connectivity index is 1.64. The number of nitrogens with one attached hydrogen (secondary N) is 3. The number of hydrogen-bond acceptors (Lipinski definition) is 6. The summed E-state index contributed by atoms with van der Waals surface area (Å²) in [5.74, 6) is -1.47. The van der Waals surface area contributed by atoms with Gasteiger partial charge in [-0.1, -0.05) is 31.4 Å². The second-order valence-electron chi connectivity index (χ2n) is 7.91. The minimum absolute atomic E-state index is 0.0132. The number of amides is 2. The van der Waals surface area contributed by atoms with Crippen molar-refractivity contribution in [1.82, 2.24) is 15.5 Å². The molecule has 0 aromatic carbocycles. The van der Waals surface area contributed by atoms with Gasteiger partial charge in [0.15, 0.2) is 0 Å². The van der Waals surface area contributed by atoms with Gasteiger partial charge in [0, 0.05) is 11.4 Å². The van der Waals surface area contributed by atoms with Crippen molar-refractivity contribution in [3.8, 4) is 0 Å². The maximum absolute atomic E-state index is 13.3. The zero-order chi connectivity index (χ0) is 22.4. The van der Waals surface area contributed by atoms with Gasteiger partial charge in [-0.2, -0.15) is 0 Å². The molecular weight excluding hydrogens is 418 g/mol. The lowest BCUT2D eigenvalue weighted by Crippen LogP contribution is -2.55. The Hall–Kier alpha value is -2.72. The van der Waals surface area contributed by atoms with Crippen LogP contribution in [-0.2, 0) is 20.9 Å². The van der Waals surface area contributed by atoms with E-state index in [4.69, 9.17) is 16.2 Å². The first-order valence-corrected chi connectivity index (χ1v) is 11.3. The van der Waals surface area contributed by atoms with Crippen LogP contribution in [0.4, 0.5) is 0 Å². The zero-order valence-corrected chi connectivity index (χ0v) is 18.1. The fourth-order valence-electron chi connectivity index (χ4n) is 4.17. The topological polar surface area (TPSA) is 149 Å². The van der Waals surface area contributed by atoms with Gasteiger partial charge in [-0.3, -0.25) is 25.1 Å². The molecule has 1 saturated carbocycles. The first-order valence-electron chi connectivity index (χ1n) is 10.5. The molecule has 9 nitrogen and oxygen atoms in total. The second kappa shape index (κ2) is 10.5. The molecule has 6 N–H and O–H groups in total. The van der Waals surface area contributed by atoms with Crippen LogP contribution in [0.15, 0.2) is 24.3 Å². The highest BCUT2D eigenvalue weighted by Gasteiger charge is 2.38. The van der Waals surface area contributed by atoms with Crippen molar-refractivity contribution >= 4 is 35.0 Å². The fraction of sp³-hybridized carbons (Fsp3) is 0.524. The summed E-state index contributed by atoms with van der Waals surface area (Å²) in [6.45, 7) is 0.316. The van der Waals surface area contributed by atoms with Gasteiger partial charge in [-0.25, -0.2) is 0 Å². The van der Waals surface area contributed by atoms with Gasteiger partial charge in [0.1, 0.15) is 11.9 Å². The fourth-order valence-corrected chi connectivity index (χ4v) is 4.98. The Kier molecular flexibility index (Phi) is 7.80. The van der Waals surface area contributed by atoms with Crippen molar-refractivity contribution in [3.63, 3.8) is 0 Å². The number of nitrogen functional groups attached to an aromatic ring is 1. The molecule has 0 radical (unpaired) electrons. The van der Waals surface area contributed by atoms with Crippen LogP contribution in [0.5, 0.6) is 0 Å². The van der Waals surface area contributed by atoms with Gasteiger partial charge >= 0.3 is 5.97 Å². The number of thiophene rings is 1. The maximum Gasteiger partial charge on any atom is 0.317 e. The van der Waals surface area contributed by atoms with Crippen LogP contribution in [0.3, 0.4) is 0 Å². The van der Waals surface area contributed by atoms with Gasteiger partial charge in [-0.15, -0.1) is 11.3 Å². The van der Waals surface area contributed by atoms with Gasteiger partial charge in [0.2, 0.25) is 11.8 Å². The SMILES string of the molecule is N=C(N)c1ccc(CNC(=O)[C@@H]2C=CCN2C(=O)[C@H](NCC(=O)O)C2CCCCC2)s1. The third kappa shape index (κ3) is 5.92. The Morgan fingerprint density at radius 3 is 2.65 bits per heavy atom. The highest BCUT2D eigenvalue weighted by atomic mass is 32.1. The largest absolute Gasteiger partial charge is 0.480 e. The highest BCUT2D eigenvalue weighted by Crippen LogP contribution is 2.28. The molecule has 2 amide bonds. The first kappa shape index (κ1) is 23.0. The lowest BCUT2D eigenvalue weighted by Gasteiger charge is -2.34. The summed E-state index contributed by atoms with van der Waals surface area (Å²) in [4.78, 5) is 40.2. The Morgan fingerprint density at radius 1 is 1.26 bits per heavy atom. The van der Waals surface area contributed by atoms with E-state index in [9.17, 15) is 14.4 Å². The van der Waals surface area contributed by atoms with Crippen molar-refractivity contribution < 1.29 is 19.5 Å². The van der Waals surface area contributed by atoms with Crippen LogP contribution in [0.25, 0.3) is 0 Å². The number of carboxylic acids is 1. The maximum atomic E-state index is 13.3. The number of aliphatic carboxylic acids is 1. The predicted molar refractivity (Wildman–Crippen MR) is 118 cm³/mol. The number of nitrogens with zero attached hydrogens (tertiary/aromatic N) is 1. The number of rotatable bonds is 9. The quantitative estimate of drug-likeness (QED) is 0.217. The van der Waals surface area contributed by atoms with Crippen molar-refractivity contribution in [2.45, 2.75) is 50.7 Å². The minimum atomic E-state index is -1.01. The van der Waals surface area contributed by atoms with Crippen LogP contribution in [0.1, 0.15) is 41.9 Å². The van der Waals surface area contributed by atoms with Gasteiger partial charge < -0.3 is 21.1 Å². The molecule has 0 spiro atoms. The average Bonchev–Trinajstić information content (AvgIpc) is 3.42. The molecule has 0 bridgehead atoms. The molecule has 0 saturated heterocycles. The molecule has 1 aliphatic heterocycles. The Bertz CT molecular complexity index is 862. The molecule has 1 aliphatic carbocycles. The zero-order valence-electron chi connectivity index (χ0n) is 17.3. The highest BCUT2D eigenvalue weighted by molar-refractivity contribution is 7.14. The third-order valence-electron chi connectivity index (χ3n) is 5.73. The number of carboxylic acid groups (broad SMARTS) is 1. The van der Waals surface area contributed by atoms with Crippen LogP contribution >= 0.6 is 11.3 Å². The third-order valence-corrected chi connectivity index (χ3v) is 6.85. The van der Waals surface area contributed by atoms with Crippen molar-refractivity contribution in [3.05, 3.63) is 34.0 Å². The summed E-state index contributed by atoms with van der Waals surface area (Å²) in [6.07, 6.45) is 8.41. The lowest BCUT2D eigenvalue weighted by molar-refractivity contribution is -0.141. The molecule has 31 heavy (non-hydrogen) atoms. The van der Waals surface area contributed by atoms with E-state index in [-0.39, 0.29) is 36.7 Å². The molecule has 2 heterocycles. The number of nitrogens with two attached hydrogens (primary N) is 1. The van der Waals surface area contributed by atoms with E-state index >= 15 is 0 Å². The van der Waals surface area contributed by atoms with E-state index < -0.39 is 18.1 Å². The van der Waals surface area contributed by atoms with Crippen LogP contribution in [-0.4, -0.2) is 58.8 Å². The smallest absolute Gasteiger partial charge is 0.317 e. The molecule has 1 aromatic heterocycles. The normalized spacial score (nSPS) is 19.9. The van der Waals surface area contributed by atoms with Crippen LogP contribution < -0.4 is 16.4 Å². The molecule has 1 aromatic rings. The number of carbonyl (C=O) groups excluding carboxylic acids is 2. The lowest BCUT2D eigenvalue weighted by atomic mass is 9.83.